The van der Waals surface area contributed by atoms with Crippen molar-refractivity contribution in [3.8, 4) is 0 Å². The van der Waals surface area contributed by atoms with Crippen LogP contribution in [0.1, 0.15) is 37.0 Å². The van der Waals surface area contributed by atoms with Gasteiger partial charge < -0.3 is 9.47 Å². The third-order valence-electron chi connectivity index (χ3n) is 2.37. The number of carbonyl (C=O) groups is 2. The van der Waals surface area contributed by atoms with Gasteiger partial charge in [0.15, 0.2) is 6.10 Å². The predicted molar refractivity (Wildman–Crippen MR) is 67.2 cm³/mol. The van der Waals surface area contributed by atoms with Crippen LogP contribution in [0, 0.1) is 0 Å². The van der Waals surface area contributed by atoms with Crippen molar-refractivity contribution in [3.05, 3.63) is 35.9 Å². The minimum atomic E-state index is -0.880. The molecule has 1 aromatic rings. The van der Waals surface area contributed by atoms with Gasteiger partial charge in [0.2, 0.25) is 0 Å². The number of hydrogen-bond donors (Lipinski definition) is 0. The van der Waals surface area contributed by atoms with Gasteiger partial charge in [-0.2, -0.15) is 0 Å². The van der Waals surface area contributed by atoms with Crippen LogP contribution in [0.15, 0.2) is 30.3 Å². The van der Waals surface area contributed by atoms with Gasteiger partial charge in [-0.3, -0.25) is 0 Å². The monoisotopic (exact) mass is 250 g/mol. The van der Waals surface area contributed by atoms with Gasteiger partial charge >= 0.3 is 11.9 Å². The standard InChI is InChI=1S/C14H18O4/c1-3-4-10-17-13(15)11(2)18-14(16)12-8-6-5-7-9-12/h5-9,11H,3-4,10H2,1-2H3. The summed E-state index contributed by atoms with van der Waals surface area (Å²) in [4.78, 5) is 23.1. The molecule has 0 heterocycles. The van der Waals surface area contributed by atoms with Crippen molar-refractivity contribution < 1.29 is 19.1 Å². The number of carbonyl (C=O) groups excluding carboxylic acids is 2. The Hall–Kier alpha value is -1.84. The Kier molecular flexibility index (Phi) is 5.91. The molecule has 0 aliphatic carbocycles. The zero-order valence-electron chi connectivity index (χ0n) is 10.7. The van der Waals surface area contributed by atoms with Gasteiger partial charge in [0, 0.05) is 0 Å². The largest absolute Gasteiger partial charge is 0.463 e. The lowest BCUT2D eigenvalue weighted by Gasteiger charge is -2.12. The Bertz CT molecular complexity index is 386. The molecule has 0 amide bonds. The van der Waals surface area contributed by atoms with Crippen molar-refractivity contribution >= 4 is 11.9 Å². The number of ether oxygens (including phenoxy) is 2. The van der Waals surface area contributed by atoms with Gasteiger partial charge in [0.05, 0.1) is 12.2 Å². The van der Waals surface area contributed by atoms with Crippen LogP contribution in [0.2, 0.25) is 0 Å². The highest BCUT2D eigenvalue weighted by molar-refractivity contribution is 5.91. The molecule has 18 heavy (non-hydrogen) atoms. The molecule has 0 bridgehead atoms. The van der Waals surface area contributed by atoms with E-state index in [0.29, 0.717) is 12.2 Å². The van der Waals surface area contributed by atoms with Crippen molar-refractivity contribution in [2.24, 2.45) is 0 Å². The average molecular weight is 250 g/mol. The molecule has 1 atom stereocenters. The molecule has 0 radical (unpaired) electrons. The molecule has 1 unspecified atom stereocenters. The summed E-state index contributed by atoms with van der Waals surface area (Å²) < 4.78 is 9.98. The summed E-state index contributed by atoms with van der Waals surface area (Å²) in [7, 11) is 0. The van der Waals surface area contributed by atoms with Gasteiger partial charge in [-0.05, 0) is 25.5 Å². The second-order valence-electron chi connectivity index (χ2n) is 3.93. The highest BCUT2D eigenvalue weighted by Gasteiger charge is 2.19. The number of rotatable bonds is 6. The molecule has 1 rings (SSSR count). The third kappa shape index (κ3) is 4.57. The summed E-state index contributed by atoms with van der Waals surface area (Å²) in [6.07, 6.45) is 0.880. The Balaban J connectivity index is 2.42. The molecule has 0 saturated carbocycles. The minimum Gasteiger partial charge on any atom is -0.463 e. The lowest BCUT2D eigenvalue weighted by molar-refractivity contribution is -0.153. The van der Waals surface area contributed by atoms with E-state index in [9.17, 15) is 9.59 Å². The van der Waals surface area contributed by atoms with E-state index in [1.54, 1.807) is 30.3 Å². The first kappa shape index (κ1) is 14.2. The molecule has 1 aromatic carbocycles. The molecule has 4 nitrogen and oxygen atoms in total. The smallest absolute Gasteiger partial charge is 0.347 e. The Morgan fingerprint density at radius 1 is 1.22 bits per heavy atom. The Labute approximate surface area is 107 Å². The van der Waals surface area contributed by atoms with E-state index in [1.807, 2.05) is 6.92 Å². The fourth-order valence-electron chi connectivity index (χ4n) is 1.29. The van der Waals surface area contributed by atoms with Crippen LogP contribution < -0.4 is 0 Å². The van der Waals surface area contributed by atoms with Crippen LogP contribution in [-0.2, 0) is 14.3 Å². The summed E-state index contributed by atoms with van der Waals surface area (Å²) in [5.74, 6) is -1.02. The van der Waals surface area contributed by atoms with Crippen LogP contribution in [0.3, 0.4) is 0 Å². The van der Waals surface area contributed by atoms with E-state index in [1.165, 1.54) is 6.92 Å². The second-order valence-corrected chi connectivity index (χ2v) is 3.93. The first-order valence-corrected chi connectivity index (χ1v) is 6.07. The number of esters is 2. The minimum absolute atomic E-state index is 0.364. The molecule has 0 saturated heterocycles. The number of unbranched alkanes of at least 4 members (excludes halogenated alkanes) is 1. The summed E-state index contributed by atoms with van der Waals surface area (Å²) in [5.41, 5.74) is 0.422. The van der Waals surface area contributed by atoms with Crippen LogP contribution in [-0.4, -0.2) is 24.6 Å². The normalized spacial score (nSPS) is 11.7. The van der Waals surface area contributed by atoms with Gasteiger partial charge in [-0.25, -0.2) is 9.59 Å². The fourth-order valence-corrected chi connectivity index (χ4v) is 1.29. The van der Waals surface area contributed by atoms with Crippen molar-refractivity contribution in [2.75, 3.05) is 6.61 Å². The van der Waals surface area contributed by atoms with E-state index in [4.69, 9.17) is 9.47 Å². The second kappa shape index (κ2) is 7.48. The van der Waals surface area contributed by atoms with Crippen molar-refractivity contribution in [2.45, 2.75) is 32.8 Å². The Morgan fingerprint density at radius 2 is 1.89 bits per heavy atom. The first-order chi connectivity index (χ1) is 8.65. The fraction of sp³-hybridized carbons (Fsp3) is 0.429. The Morgan fingerprint density at radius 3 is 2.50 bits per heavy atom. The van der Waals surface area contributed by atoms with E-state index < -0.39 is 18.0 Å². The summed E-state index contributed by atoms with van der Waals surface area (Å²) in [6.45, 7) is 3.88. The highest BCUT2D eigenvalue weighted by atomic mass is 16.6. The molecular formula is C14H18O4. The van der Waals surface area contributed by atoms with E-state index in [-0.39, 0.29) is 0 Å². The first-order valence-electron chi connectivity index (χ1n) is 6.07. The molecule has 0 N–H and O–H groups in total. The lowest BCUT2D eigenvalue weighted by atomic mass is 10.2. The molecule has 0 fully saturated rings. The molecule has 0 aromatic heterocycles. The number of benzene rings is 1. The maximum atomic E-state index is 11.7. The third-order valence-corrected chi connectivity index (χ3v) is 2.37. The van der Waals surface area contributed by atoms with E-state index in [0.717, 1.165) is 12.8 Å². The van der Waals surface area contributed by atoms with Crippen molar-refractivity contribution in [1.29, 1.82) is 0 Å². The quantitative estimate of drug-likeness (QED) is 0.575. The average Bonchev–Trinajstić information content (AvgIpc) is 2.39. The summed E-state index contributed by atoms with van der Waals surface area (Å²) in [5, 5.41) is 0. The SMILES string of the molecule is CCCCOC(=O)C(C)OC(=O)c1ccccc1. The predicted octanol–water partition coefficient (Wildman–Crippen LogP) is 2.58. The van der Waals surface area contributed by atoms with E-state index >= 15 is 0 Å². The van der Waals surface area contributed by atoms with Crippen molar-refractivity contribution in [3.63, 3.8) is 0 Å². The highest BCUT2D eigenvalue weighted by Crippen LogP contribution is 2.05. The zero-order valence-corrected chi connectivity index (χ0v) is 10.7. The maximum Gasteiger partial charge on any atom is 0.347 e. The number of hydrogen-bond acceptors (Lipinski definition) is 4. The lowest BCUT2D eigenvalue weighted by Crippen LogP contribution is -2.26. The van der Waals surface area contributed by atoms with Gasteiger partial charge in [0.25, 0.3) is 0 Å². The maximum absolute atomic E-state index is 11.7. The molecule has 4 heteroatoms. The van der Waals surface area contributed by atoms with Crippen LogP contribution in [0.4, 0.5) is 0 Å². The molecule has 0 aliphatic rings. The van der Waals surface area contributed by atoms with Crippen LogP contribution >= 0.6 is 0 Å². The van der Waals surface area contributed by atoms with Gasteiger partial charge in [-0.1, -0.05) is 31.5 Å². The van der Waals surface area contributed by atoms with Gasteiger partial charge in [0.1, 0.15) is 0 Å². The molecule has 0 spiro atoms. The van der Waals surface area contributed by atoms with Crippen molar-refractivity contribution in [1.82, 2.24) is 0 Å². The zero-order chi connectivity index (χ0) is 13.4. The molecule has 0 aliphatic heterocycles. The van der Waals surface area contributed by atoms with Crippen LogP contribution in [0.5, 0.6) is 0 Å². The summed E-state index contributed by atoms with van der Waals surface area (Å²) in [6, 6.07) is 8.55. The van der Waals surface area contributed by atoms with Gasteiger partial charge in [-0.15, -0.1) is 0 Å². The molecular weight excluding hydrogens is 232 g/mol. The van der Waals surface area contributed by atoms with Crippen LogP contribution in [0.25, 0.3) is 0 Å². The summed E-state index contributed by atoms with van der Waals surface area (Å²) >= 11 is 0. The topological polar surface area (TPSA) is 52.6 Å². The molecule has 98 valence electrons. The van der Waals surface area contributed by atoms with E-state index in [2.05, 4.69) is 0 Å².